The van der Waals surface area contributed by atoms with E-state index in [-0.39, 0.29) is 11.9 Å². The third-order valence-corrected chi connectivity index (χ3v) is 5.70. The van der Waals surface area contributed by atoms with E-state index in [4.69, 9.17) is 4.42 Å². The topological polar surface area (TPSA) is 60.1 Å². The predicted octanol–water partition coefficient (Wildman–Crippen LogP) is 5.00. The molecule has 0 fully saturated rings. The quantitative estimate of drug-likeness (QED) is 0.516. The summed E-state index contributed by atoms with van der Waals surface area (Å²) in [5.41, 5.74) is 5.31. The van der Waals surface area contributed by atoms with Crippen LogP contribution in [-0.4, -0.2) is 15.7 Å². The minimum atomic E-state index is -0.187. The van der Waals surface area contributed by atoms with Crippen LogP contribution in [-0.2, 0) is 13.0 Å². The van der Waals surface area contributed by atoms with Crippen LogP contribution in [0.3, 0.4) is 0 Å². The number of carbonyl (C=O) groups excluding carboxylic acids is 1. The van der Waals surface area contributed by atoms with Gasteiger partial charge in [-0.1, -0.05) is 60.7 Å². The van der Waals surface area contributed by atoms with Crippen LogP contribution in [0.4, 0.5) is 0 Å². The van der Waals surface area contributed by atoms with Crippen LogP contribution in [0.15, 0.2) is 83.6 Å². The van der Waals surface area contributed by atoms with Gasteiger partial charge in [0.2, 0.25) is 0 Å². The van der Waals surface area contributed by atoms with Gasteiger partial charge in [-0.15, -0.1) is 0 Å². The van der Waals surface area contributed by atoms with Gasteiger partial charge in [0.25, 0.3) is 5.91 Å². The largest absolute Gasteiger partial charge is 0.459 e. The van der Waals surface area contributed by atoms with E-state index in [2.05, 4.69) is 27.2 Å². The first kappa shape index (κ1) is 18.4. The fourth-order valence-electron chi connectivity index (χ4n) is 4.22. The molecule has 5 heteroatoms. The highest BCUT2D eigenvalue weighted by molar-refractivity contribution is 5.98. The lowest BCUT2D eigenvalue weighted by Crippen LogP contribution is -2.31. The van der Waals surface area contributed by atoms with Crippen molar-refractivity contribution in [1.82, 2.24) is 15.1 Å². The molecule has 1 atom stereocenters. The van der Waals surface area contributed by atoms with Crippen molar-refractivity contribution < 1.29 is 9.21 Å². The Labute approximate surface area is 175 Å². The molecule has 5 rings (SSSR count). The lowest BCUT2D eigenvalue weighted by atomic mass is 9.92. The average molecular weight is 397 g/mol. The number of furan rings is 1. The monoisotopic (exact) mass is 397 g/mol. The molecule has 5 nitrogen and oxygen atoms in total. The van der Waals surface area contributed by atoms with Crippen molar-refractivity contribution in [2.75, 3.05) is 0 Å². The van der Waals surface area contributed by atoms with Crippen molar-refractivity contribution in [2.24, 2.45) is 0 Å². The summed E-state index contributed by atoms with van der Waals surface area (Å²) in [6.45, 7) is 0.743. The maximum absolute atomic E-state index is 13.0. The van der Waals surface area contributed by atoms with Gasteiger partial charge in [-0.3, -0.25) is 9.48 Å². The van der Waals surface area contributed by atoms with Crippen LogP contribution in [0.5, 0.6) is 0 Å². The lowest BCUT2D eigenvalue weighted by Gasteiger charge is -2.24. The van der Waals surface area contributed by atoms with Crippen molar-refractivity contribution in [1.29, 1.82) is 0 Å². The molecule has 2 aromatic heterocycles. The van der Waals surface area contributed by atoms with Gasteiger partial charge < -0.3 is 9.73 Å². The van der Waals surface area contributed by atoms with Gasteiger partial charge >= 0.3 is 0 Å². The molecule has 0 saturated heterocycles. The van der Waals surface area contributed by atoms with E-state index in [9.17, 15) is 4.79 Å². The number of hydrogen-bond donors (Lipinski definition) is 1. The van der Waals surface area contributed by atoms with Crippen LogP contribution in [0.25, 0.3) is 11.1 Å². The molecule has 1 aliphatic carbocycles. The molecule has 0 radical (unpaired) electrons. The van der Waals surface area contributed by atoms with Crippen LogP contribution in [0.2, 0.25) is 0 Å². The molecule has 1 N–H and O–H groups in total. The molecule has 1 unspecified atom stereocenters. The second-order valence-corrected chi connectivity index (χ2v) is 7.64. The zero-order chi connectivity index (χ0) is 20.3. The maximum Gasteiger partial charge on any atom is 0.288 e. The van der Waals surface area contributed by atoms with E-state index in [0.29, 0.717) is 5.76 Å². The zero-order valence-corrected chi connectivity index (χ0v) is 16.6. The molecule has 0 aliphatic heterocycles. The van der Waals surface area contributed by atoms with Crippen molar-refractivity contribution >= 4 is 5.91 Å². The highest BCUT2D eigenvalue weighted by atomic mass is 16.3. The molecule has 30 heavy (non-hydrogen) atoms. The molecule has 1 aliphatic rings. The Morgan fingerprint density at radius 1 is 1.07 bits per heavy atom. The maximum atomic E-state index is 13.0. The van der Waals surface area contributed by atoms with Crippen LogP contribution in [0.1, 0.15) is 46.3 Å². The van der Waals surface area contributed by atoms with Gasteiger partial charge in [-0.25, -0.2) is 0 Å². The fourth-order valence-corrected chi connectivity index (χ4v) is 4.22. The first-order chi connectivity index (χ1) is 14.8. The highest BCUT2D eigenvalue weighted by Gasteiger charge is 2.27. The second kappa shape index (κ2) is 8.03. The van der Waals surface area contributed by atoms with E-state index < -0.39 is 0 Å². The van der Waals surface area contributed by atoms with Gasteiger partial charge in [0.1, 0.15) is 0 Å². The van der Waals surface area contributed by atoms with Crippen molar-refractivity contribution in [3.8, 4) is 11.1 Å². The molecule has 0 saturated carbocycles. The summed E-state index contributed by atoms with van der Waals surface area (Å²) >= 11 is 0. The van der Waals surface area contributed by atoms with Gasteiger partial charge in [-0.05, 0) is 36.5 Å². The molecule has 4 aromatic rings. The number of rotatable bonds is 5. The van der Waals surface area contributed by atoms with E-state index in [0.717, 1.165) is 42.5 Å². The number of nitrogens with one attached hydrogen (secondary N) is 1. The normalized spacial score (nSPS) is 15.5. The smallest absolute Gasteiger partial charge is 0.288 e. The fraction of sp³-hybridized carbons (Fsp3) is 0.200. The highest BCUT2D eigenvalue weighted by Crippen LogP contribution is 2.31. The number of carbonyl (C=O) groups is 1. The van der Waals surface area contributed by atoms with Crippen molar-refractivity contribution in [2.45, 2.75) is 31.8 Å². The van der Waals surface area contributed by atoms with E-state index in [1.807, 2.05) is 60.8 Å². The average Bonchev–Trinajstić information content (AvgIpc) is 3.44. The Kier molecular flexibility index (Phi) is 4.93. The Morgan fingerprint density at radius 2 is 1.83 bits per heavy atom. The Bertz CT molecular complexity index is 1150. The number of amides is 1. The van der Waals surface area contributed by atoms with Crippen molar-refractivity contribution in [3.63, 3.8) is 0 Å². The molecule has 2 heterocycles. The van der Waals surface area contributed by atoms with Crippen LogP contribution >= 0.6 is 0 Å². The summed E-state index contributed by atoms with van der Waals surface area (Å²) in [6.07, 6.45) is 6.37. The molecular formula is C25H23N3O2. The Balaban J connectivity index is 1.37. The Hall–Kier alpha value is -3.60. The minimum Gasteiger partial charge on any atom is -0.459 e. The van der Waals surface area contributed by atoms with Crippen molar-refractivity contribution in [3.05, 3.63) is 102 Å². The molecule has 1 amide bonds. The standard InChI is InChI=1S/C25H23N3O2/c29-25(24-20(14-15-30-24)19-10-5-2-6-11-19)27-22-12-7-13-23-21(22)16-26-28(23)17-18-8-3-1-4-9-18/h1-6,8-11,14-16,22H,7,12-13,17H2,(H,27,29). The number of fused-ring (bicyclic) bond motifs is 1. The molecule has 0 spiro atoms. The van der Waals surface area contributed by atoms with E-state index in [1.54, 1.807) is 6.26 Å². The third kappa shape index (κ3) is 3.54. The van der Waals surface area contributed by atoms with Gasteiger partial charge in [0, 0.05) is 16.8 Å². The number of hydrogen-bond acceptors (Lipinski definition) is 3. The molecule has 150 valence electrons. The summed E-state index contributed by atoms with van der Waals surface area (Å²) in [7, 11) is 0. The third-order valence-electron chi connectivity index (χ3n) is 5.70. The molecule has 2 aromatic carbocycles. The SMILES string of the molecule is O=C(NC1CCCc2c1cnn2Cc1ccccc1)c1occc1-c1ccccc1. The van der Waals surface area contributed by atoms with Gasteiger partial charge in [0.05, 0.1) is 25.0 Å². The molecular weight excluding hydrogens is 374 g/mol. The zero-order valence-electron chi connectivity index (χ0n) is 16.6. The first-order valence-corrected chi connectivity index (χ1v) is 10.3. The summed E-state index contributed by atoms with van der Waals surface area (Å²) in [6, 6.07) is 21.9. The summed E-state index contributed by atoms with van der Waals surface area (Å²) in [5, 5.41) is 7.80. The Morgan fingerprint density at radius 3 is 2.63 bits per heavy atom. The first-order valence-electron chi connectivity index (χ1n) is 10.3. The summed E-state index contributed by atoms with van der Waals surface area (Å²) in [5.74, 6) is 0.164. The van der Waals surface area contributed by atoms with Crippen LogP contribution < -0.4 is 5.32 Å². The van der Waals surface area contributed by atoms with Crippen LogP contribution in [0, 0.1) is 0 Å². The minimum absolute atomic E-state index is 0.0560. The number of benzene rings is 2. The summed E-state index contributed by atoms with van der Waals surface area (Å²) < 4.78 is 7.62. The van der Waals surface area contributed by atoms with E-state index in [1.165, 1.54) is 11.3 Å². The molecule has 0 bridgehead atoms. The second-order valence-electron chi connectivity index (χ2n) is 7.64. The van der Waals surface area contributed by atoms with Gasteiger partial charge in [0.15, 0.2) is 5.76 Å². The van der Waals surface area contributed by atoms with E-state index >= 15 is 0 Å². The lowest BCUT2D eigenvalue weighted by molar-refractivity contribution is 0.0905. The number of nitrogens with zero attached hydrogens (tertiary/aromatic N) is 2. The van der Waals surface area contributed by atoms with Gasteiger partial charge in [-0.2, -0.15) is 5.10 Å². The predicted molar refractivity (Wildman–Crippen MR) is 115 cm³/mol. The summed E-state index contributed by atoms with van der Waals surface area (Å²) in [4.78, 5) is 13.0. The number of aromatic nitrogens is 2.